The SMILES string of the molecule is Nc1n[nH]c(-c2csnn2)n1. The molecule has 11 heavy (non-hydrogen) atoms. The summed E-state index contributed by atoms with van der Waals surface area (Å²) >= 11 is 1.25. The quantitative estimate of drug-likeness (QED) is 0.620. The van der Waals surface area contributed by atoms with Crippen molar-refractivity contribution in [3.8, 4) is 11.5 Å². The van der Waals surface area contributed by atoms with Gasteiger partial charge in [-0.2, -0.15) is 4.98 Å². The molecule has 0 bridgehead atoms. The summed E-state index contributed by atoms with van der Waals surface area (Å²) in [5.41, 5.74) is 5.95. The minimum absolute atomic E-state index is 0.216. The molecule has 0 unspecified atom stereocenters. The average Bonchev–Trinajstić information content (AvgIpc) is 2.55. The smallest absolute Gasteiger partial charge is 0.239 e. The molecule has 0 spiro atoms. The van der Waals surface area contributed by atoms with E-state index in [-0.39, 0.29) is 5.95 Å². The molecule has 0 amide bonds. The van der Waals surface area contributed by atoms with Gasteiger partial charge in [-0.25, -0.2) is 0 Å². The largest absolute Gasteiger partial charge is 0.366 e. The maximum atomic E-state index is 5.29. The lowest BCUT2D eigenvalue weighted by atomic mass is 10.5. The number of nitrogen functional groups attached to an aromatic ring is 1. The molecular formula is C4H4N6S. The van der Waals surface area contributed by atoms with Gasteiger partial charge >= 0.3 is 0 Å². The summed E-state index contributed by atoms with van der Waals surface area (Å²) in [5, 5.41) is 11.8. The normalized spacial score (nSPS) is 10.2. The van der Waals surface area contributed by atoms with Crippen LogP contribution in [-0.2, 0) is 0 Å². The maximum Gasteiger partial charge on any atom is 0.239 e. The Morgan fingerprint density at radius 2 is 2.45 bits per heavy atom. The van der Waals surface area contributed by atoms with Crippen molar-refractivity contribution in [3.05, 3.63) is 5.38 Å². The zero-order valence-corrected chi connectivity index (χ0v) is 6.17. The van der Waals surface area contributed by atoms with Gasteiger partial charge in [0.25, 0.3) is 0 Å². The van der Waals surface area contributed by atoms with Gasteiger partial charge < -0.3 is 5.73 Å². The fourth-order valence-electron chi connectivity index (χ4n) is 0.657. The van der Waals surface area contributed by atoms with Crippen LogP contribution in [0.15, 0.2) is 5.38 Å². The second-order valence-electron chi connectivity index (χ2n) is 1.83. The van der Waals surface area contributed by atoms with Gasteiger partial charge in [-0.1, -0.05) is 4.49 Å². The van der Waals surface area contributed by atoms with Gasteiger partial charge in [-0.15, -0.1) is 10.2 Å². The van der Waals surface area contributed by atoms with Crippen LogP contribution in [-0.4, -0.2) is 24.8 Å². The molecule has 0 aromatic carbocycles. The molecule has 0 saturated heterocycles. The summed E-state index contributed by atoms with van der Waals surface area (Å²) in [7, 11) is 0. The zero-order valence-electron chi connectivity index (χ0n) is 5.35. The third-order valence-electron chi connectivity index (χ3n) is 1.11. The van der Waals surface area contributed by atoms with Crippen molar-refractivity contribution in [2.45, 2.75) is 0 Å². The van der Waals surface area contributed by atoms with Crippen molar-refractivity contribution in [1.82, 2.24) is 24.8 Å². The Kier molecular flexibility index (Phi) is 1.29. The van der Waals surface area contributed by atoms with Crippen LogP contribution in [0.25, 0.3) is 11.5 Å². The van der Waals surface area contributed by atoms with Gasteiger partial charge in [0.15, 0.2) is 5.82 Å². The molecule has 0 aliphatic carbocycles. The molecule has 2 rings (SSSR count). The van der Waals surface area contributed by atoms with E-state index in [1.165, 1.54) is 11.5 Å². The molecule has 3 N–H and O–H groups in total. The molecule has 0 aliphatic heterocycles. The second kappa shape index (κ2) is 2.27. The number of nitrogens with one attached hydrogen (secondary N) is 1. The van der Waals surface area contributed by atoms with Crippen molar-refractivity contribution < 1.29 is 0 Å². The van der Waals surface area contributed by atoms with Crippen LogP contribution in [0.2, 0.25) is 0 Å². The van der Waals surface area contributed by atoms with Gasteiger partial charge in [0, 0.05) is 5.38 Å². The highest BCUT2D eigenvalue weighted by Crippen LogP contribution is 2.11. The lowest BCUT2D eigenvalue weighted by Gasteiger charge is -1.80. The van der Waals surface area contributed by atoms with E-state index in [1.807, 2.05) is 0 Å². The first-order chi connectivity index (χ1) is 5.36. The summed E-state index contributed by atoms with van der Waals surface area (Å²) in [4.78, 5) is 3.87. The molecule has 6 nitrogen and oxygen atoms in total. The second-order valence-corrected chi connectivity index (χ2v) is 2.44. The number of aromatic nitrogens is 5. The van der Waals surface area contributed by atoms with E-state index >= 15 is 0 Å². The first kappa shape index (κ1) is 6.23. The van der Waals surface area contributed by atoms with Gasteiger partial charge in [-0.3, -0.25) is 5.10 Å². The summed E-state index contributed by atoms with van der Waals surface area (Å²) in [5.74, 6) is 0.768. The number of nitrogens with two attached hydrogens (primary N) is 1. The molecule has 0 fully saturated rings. The molecule has 7 heteroatoms. The number of aromatic amines is 1. The predicted molar refractivity (Wildman–Crippen MR) is 39.7 cm³/mol. The number of hydrogen-bond acceptors (Lipinski definition) is 6. The van der Waals surface area contributed by atoms with Crippen LogP contribution in [0.4, 0.5) is 5.95 Å². The van der Waals surface area contributed by atoms with E-state index in [0.29, 0.717) is 11.5 Å². The minimum Gasteiger partial charge on any atom is -0.366 e. The van der Waals surface area contributed by atoms with Crippen LogP contribution in [0, 0.1) is 0 Å². The van der Waals surface area contributed by atoms with Gasteiger partial charge in [0.1, 0.15) is 5.69 Å². The third-order valence-corrected chi connectivity index (χ3v) is 1.61. The van der Waals surface area contributed by atoms with Gasteiger partial charge in [0.2, 0.25) is 5.95 Å². The number of anilines is 1. The third kappa shape index (κ3) is 1.05. The van der Waals surface area contributed by atoms with Crippen molar-refractivity contribution in [2.24, 2.45) is 0 Å². The first-order valence-electron chi connectivity index (χ1n) is 2.81. The molecular weight excluding hydrogens is 164 g/mol. The number of H-pyrrole nitrogens is 1. The van der Waals surface area contributed by atoms with Gasteiger partial charge in [0.05, 0.1) is 0 Å². The van der Waals surface area contributed by atoms with E-state index in [0.717, 1.165) is 0 Å². The lowest BCUT2D eigenvalue weighted by Crippen LogP contribution is -1.85. The molecule has 0 aliphatic rings. The summed E-state index contributed by atoms with van der Waals surface area (Å²) in [6.45, 7) is 0. The Balaban J connectivity index is 2.45. The Bertz CT molecular complexity index is 337. The highest BCUT2D eigenvalue weighted by Gasteiger charge is 2.04. The number of nitrogens with zero attached hydrogens (tertiary/aromatic N) is 4. The van der Waals surface area contributed by atoms with E-state index in [9.17, 15) is 0 Å². The van der Waals surface area contributed by atoms with Crippen molar-refractivity contribution in [1.29, 1.82) is 0 Å². The number of rotatable bonds is 1. The van der Waals surface area contributed by atoms with Crippen LogP contribution in [0.5, 0.6) is 0 Å². The molecule has 2 heterocycles. The molecule has 2 aromatic heterocycles. The zero-order chi connectivity index (χ0) is 7.68. The highest BCUT2D eigenvalue weighted by molar-refractivity contribution is 7.03. The monoisotopic (exact) mass is 168 g/mol. The van der Waals surface area contributed by atoms with Crippen LogP contribution in [0.3, 0.4) is 0 Å². The lowest BCUT2D eigenvalue weighted by molar-refractivity contribution is 1.08. The topological polar surface area (TPSA) is 93.4 Å². The molecule has 0 radical (unpaired) electrons. The van der Waals surface area contributed by atoms with Crippen LogP contribution >= 0.6 is 11.5 Å². The standard InChI is InChI=1S/C4H4N6S/c5-4-6-3(8-9-4)2-1-11-10-7-2/h1H,(H3,5,6,8,9). The molecule has 2 aromatic rings. The van der Waals surface area contributed by atoms with Gasteiger partial charge in [-0.05, 0) is 11.5 Å². The van der Waals surface area contributed by atoms with Crippen LogP contribution < -0.4 is 5.73 Å². The van der Waals surface area contributed by atoms with E-state index in [2.05, 4.69) is 24.8 Å². The average molecular weight is 168 g/mol. The fourth-order valence-corrected chi connectivity index (χ4v) is 1.10. The number of hydrogen-bond donors (Lipinski definition) is 2. The minimum atomic E-state index is 0.216. The molecule has 56 valence electrons. The summed E-state index contributed by atoms with van der Waals surface area (Å²) < 4.78 is 3.67. The highest BCUT2D eigenvalue weighted by atomic mass is 32.1. The van der Waals surface area contributed by atoms with Crippen molar-refractivity contribution >= 4 is 17.5 Å². The van der Waals surface area contributed by atoms with E-state index in [1.54, 1.807) is 5.38 Å². The summed E-state index contributed by atoms with van der Waals surface area (Å²) in [6, 6.07) is 0. The predicted octanol–water partition coefficient (Wildman–Crippen LogP) is -0.0946. The Hall–Kier alpha value is -1.50. The fraction of sp³-hybridized carbons (Fsp3) is 0. The Morgan fingerprint density at radius 3 is 3.00 bits per heavy atom. The Morgan fingerprint density at radius 1 is 1.55 bits per heavy atom. The summed E-state index contributed by atoms with van der Waals surface area (Å²) in [6.07, 6.45) is 0. The van der Waals surface area contributed by atoms with Crippen molar-refractivity contribution in [3.63, 3.8) is 0 Å². The van der Waals surface area contributed by atoms with Crippen LogP contribution in [0.1, 0.15) is 0 Å². The Labute approximate surface area is 65.6 Å². The molecule has 0 atom stereocenters. The van der Waals surface area contributed by atoms with E-state index < -0.39 is 0 Å². The van der Waals surface area contributed by atoms with Crippen molar-refractivity contribution in [2.75, 3.05) is 5.73 Å². The maximum absolute atomic E-state index is 5.29. The first-order valence-corrected chi connectivity index (χ1v) is 3.65. The molecule has 0 saturated carbocycles. The van der Waals surface area contributed by atoms with E-state index in [4.69, 9.17) is 5.73 Å².